The number of aromatic nitrogens is 2. The zero-order chi connectivity index (χ0) is 12.3. The van der Waals surface area contributed by atoms with Crippen LogP contribution in [0.2, 0.25) is 0 Å². The molecule has 8 nitrogen and oxygen atoms in total. The van der Waals surface area contributed by atoms with Crippen molar-refractivity contribution in [2.75, 3.05) is 6.61 Å². The van der Waals surface area contributed by atoms with Crippen LogP contribution in [-0.2, 0) is 13.1 Å². The quantitative estimate of drug-likeness (QED) is 0.522. The Morgan fingerprint density at radius 2 is 2.12 bits per heavy atom. The van der Waals surface area contributed by atoms with Gasteiger partial charge in [-0.05, 0) is 6.92 Å². The van der Waals surface area contributed by atoms with E-state index in [-0.39, 0.29) is 13.1 Å². The minimum absolute atomic E-state index is 0.214. The normalized spacial score (nSPS) is 10.4. The van der Waals surface area contributed by atoms with Gasteiger partial charge in [0.25, 0.3) is 0 Å². The van der Waals surface area contributed by atoms with Gasteiger partial charge in [0.05, 0.1) is 24.3 Å². The van der Waals surface area contributed by atoms with Crippen LogP contribution in [0, 0.1) is 10.1 Å². The molecule has 88 valence electrons. The Kier molecular flexibility index (Phi) is 3.56. The van der Waals surface area contributed by atoms with Gasteiger partial charge >= 0.3 is 16.9 Å². The van der Waals surface area contributed by atoms with Crippen molar-refractivity contribution in [1.29, 1.82) is 0 Å². The van der Waals surface area contributed by atoms with Crippen LogP contribution in [0.1, 0.15) is 6.92 Å². The Balaban J connectivity index is 3.58. The number of aliphatic hydroxyl groups is 1. The average molecular weight is 229 g/mol. The number of nitro groups is 1. The van der Waals surface area contributed by atoms with E-state index in [1.807, 2.05) is 0 Å². The molecule has 0 radical (unpaired) electrons. The van der Waals surface area contributed by atoms with Gasteiger partial charge in [-0.1, -0.05) is 0 Å². The topological polar surface area (TPSA) is 107 Å². The van der Waals surface area contributed by atoms with Crippen LogP contribution in [0.15, 0.2) is 15.8 Å². The fraction of sp³-hybridized carbons (Fsp3) is 0.500. The molecular weight excluding hydrogens is 218 g/mol. The van der Waals surface area contributed by atoms with Crippen LogP contribution in [0.25, 0.3) is 0 Å². The summed E-state index contributed by atoms with van der Waals surface area (Å²) in [6, 6.07) is 0. The minimum Gasteiger partial charge on any atom is -0.395 e. The lowest BCUT2D eigenvalue weighted by Crippen LogP contribution is -2.40. The van der Waals surface area contributed by atoms with E-state index in [1.165, 1.54) is 0 Å². The Hall–Kier alpha value is -1.96. The molecule has 0 aromatic carbocycles. The maximum atomic E-state index is 11.6. The molecule has 0 aliphatic carbocycles. The standard InChI is InChI=1S/C8H11N3O5/c1-2-9-5-6(11(15)16)7(13)10(3-4-12)8(9)14/h5,12H,2-4H2,1H3. The molecule has 0 spiro atoms. The second-order valence-corrected chi connectivity index (χ2v) is 3.02. The number of hydrogen-bond donors (Lipinski definition) is 1. The molecule has 0 bridgehead atoms. The summed E-state index contributed by atoms with van der Waals surface area (Å²) in [5.74, 6) is 0. The molecule has 0 saturated carbocycles. The molecule has 0 aliphatic rings. The fourth-order valence-corrected chi connectivity index (χ4v) is 1.29. The molecular formula is C8H11N3O5. The second-order valence-electron chi connectivity index (χ2n) is 3.02. The molecule has 0 amide bonds. The van der Waals surface area contributed by atoms with Crippen LogP contribution in [0.4, 0.5) is 5.69 Å². The highest BCUT2D eigenvalue weighted by Crippen LogP contribution is 1.99. The summed E-state index contributed by atoms with van der Waals surface area (Å²) in [6.45, 7) is 1.16. The number of aryl methyl sites for hydroxylation is 1. The van der Waals surface area contributed by atoms with E-state index in [1.54, 1.807) is 6.92 Å². The third kappa shape index (κ3) is 2.01. The maximum absolute atomic E-state index is 11.6. The maximum Gasteiger partial charge on any atom is 0.350 e. The van der Waals surface area contributed by atoms with Crippen LogP contribution < -0.4 is 11.2 Å². The average Bonchev–Trinajstić information content (AvgIpc) is 2.24. The summed E-state index contributed by atoms with van der Waals surface area (Å²) in [4.78, 5) is 32.8. The molecule has 8 heteroatoms. The first-order valence-corrected chi connectivity index (χ1v) is 4.62. The molecule has 0 atom stereocenters. The van der Waals surface area contributed by atoms with Crippen molar-refractivity contribution in [3.05, 3.63) is 37.1 Å². The molecule has 0 aliphatic heterocycles. The number of rotatable bonds is 4. The van der Waals surface area contributed by atoms with E-state index in [4.69, 9.17) is 5.11 Å². The Labute approximate surface area is 89.5 Å². The van der Waals surface area contributed by atoms with Crippen LogP contribution in [0.3, 0.4) is 0 Å². The van der Waals surface area contributed by atoms with Gasteiger partial charge in [-0.25, -0.2) is 4.79 Å². The lowest BCUT2D eigenvalue weighted by molar-refractivity contribution is -0.387. The van der Waals surface area contributed by atoms with Crippen molar-refractivity contribution in [3.63, 3.8) is 0 Å². The van der Waals surface area contributed by atoms with Crippen molar-refractivity contribution in [1.82, 2.24) is 9.13 Å². The summed E-state index contributed by atoms with van der Waals surface area (Å²) >= 11 is 0. The first kappa shape index (κ1) is 12.1. The van der Waals surface area contributed by atoms with Crippen LogP contribution >= 0.6 is 0 Å². The van der Waals surface area contributed by atoms with E-state index in [0.29, 0.717) is 4.57 Å². The zero-order valence-electron chi connectivity index (χ0n) is 8.62. The monoisotopic (exact) mass is 229 g/mol. The second kappa shape index (κ2) is 4.71. The summed E-state index contributed by atoms with van der Waals surface area (Å²) in [6.07, 6.45) is 0.915. The minimum atomic E-state index is -0.992. The molecule has 1 aromatic rings. The Morgan fingerprint density at radius 3 is 2.56 bits per heavy atom. The molecule has 0 saturated heterocycles. The molecule has 1 aromatic heterocycles. The molecule has 16 heavy (non-hydrogen) atoms. The lowest BCUT2D eigenvalue weighted by atomic mass is 10.5. The highest BCUT2D eigenvalue weighted by Gasteiger charge is 2.18. The van der Waals surface area contributed by atoms with Gasteiger partial charge in [-0.2, -0.15) is 0 Å². The van der Waals surface area contributed by atoms with E-state index in [0.717, 1.165) is 10.8 Å². The van der Waals surface area contributed by atoms with Crippen molar-refractivity contribution in [3.8, 4) is 0 Å². The lowest BCUT2D eigenvalue weighted by Gasteiger charge is -2.06. The van der Waals surface area contributed by atoms with Gasteiger partial charge < -0.3 is 5.11 Å². The van der Waals surface area contributed by atoms with E-state index in [9.17, 15) is 19.7 Å². The Morgan fingerprint density at radius 1 is 1.50 bits per heavy atom. The van der Waals surface area contributed by atoms with E-state index in [2.05, 4.69) is 0 Å². The van der Waals surface area contributed by atoms with Gasteiger partial charge in [0.1, 0.15) is 0 Å². The number of nitrogens with zero attached hydrogens (tertiary/aromatic N) is 3. The van der Waals surface area contributed by atoms with E-state index >= 15 is 0 Å². The number of hydrogen-bond acceptors (Lipinski definition) is 5. The third-order valence-electron chi connectivity index (χ3n) is 2.08. The van der Waals surface area contributed by atoms with Crippen molar-refractivity contribution in [2.45, 2.75) is 20.0 Å². The zero-order valence-corrected chi connectivity index (χ0v) is 8.62. The van der Waals surface area contributed by atoms with Gasteiger partial charge in [0, 0.05) is 6.54 Å². The van der Waals surface area contributed by atoms with Crippen molar-refractivity contribution in [2.24, 2.45) is 0 Å². The van der Waals surface area contributed by atoms with Gasteiger partial charge in [0.2, 0.25) is 0 Å². The summed E-state index contributed by atoms with van der Waals surface area (Å²) in [7, 11) is 0. The highest BCUT2D eigenvalue weighted by atomic mass is 16.6. The summed E-state index contributed by atoms with van der Waals surface area (Å²) < 4.78 is 1.71. The molecule has 0 fully saturated rings. The van der Waals surface area contributed by atoms with Crippen molar-refractivity contribution >= 4 is 5.69 Å². The number of aliphatic hydroxyl groups excluding tert-OH is 1. The first-order chi connectivity index (χ1) is 7.52. The molecule has 1 rings (SSSR count). The van der Waals surface area contributed by atoms with Gasteiger partial charge in [-0.3, -0.25) is 24.0 Å². The van der Waals surface area contributed by atoms with Crippen LogP contribution in [-0.4, -0.2) is 25.8 Å². The van der Waals surface area contributed by atoms with Crippen LogP contribution in [0.5, 0.6) is 0 Å². The molecule has 0 unspecified atom stereocenters. The van der Waals surface area contributed by atoms with Gasteiger partial charge in [-0.15, -0.1) is 0 Å². The Bertz CT molecular complexity index is 515. The van der Waals surface area contributed by atoms with E-state index < -0.39 is 28.5 Å². The van der Waals surface area contributed by atoms with Crippen molar-refractivity contribution < 1.29 is 10.0 Å². The summed E-state index contributed by atoms with van der Waals surface area (Å²) in [5, 5.41) is 19.3. The molecule has 1 heterocycles. The fourth-order valence-electron chi connectivity index (χ4n) is 1.29. The predicted octanol–water partition coefficient (Wildman–Crippen LogP) is -1.07. The SMILES string of the molecule is CCn1cc([N+](=O)[O-])c(=O)n(CCO)c1=O. The predicted molar refractivity (Wildman–Crippen MR) is 54.4 cm³/mol. The highest BCUT2D eigenvalue weighted by molar-refractivity contribution is 5.21. The summed E-state index contributed by atoms with van der Waals surface area (Å²) in [5.41, 5.74) is -2.32. The van der Waals surface area contributed by atoms with Gasteiger partial charge in [0.15, 0.2) is 0 Å². The smallest absolute Gasteiger partial charge is 0.350 e. The third-order valence-corrected chi connectivity index (χ3v) is 2.08. The first-order valence-electron chi connectivity index (χ1n) is 4.62. The molecule has 1 N–H and O–H groups in total. The largest absolute Gasteiger partial charge is 0.395 e.